The van der Waals surface area contributed by atoms with Crippen molar-refractivity contribution in [1.29, 1.82) is 0 Å². The first-order chi connectivity index (χ1) is 7.68. The van der Waals surface area contributed by atoms with Crippen LogP contribution in [-0.4, -0.2) is 35.1 Å². The van der Waals surface area contributed by atoms with E-state index in [9.17, 15) is 9.90 Å². The Morgan fingerprint density at radius 2 is 1.94 bits per heavy atom. The van der Waals surface area contributed by atoms with Gasteiger partial charge in [-0.05, 0) is 38.1 Å². The molecule has 1 aliphatic heterocycles. The summed E-state index contributed by atoms with van der Waals surface area (Å²) in [4.78, 5) is 13.7. The van der Waals surface area contributed by atoms with E-state index < -0.39 is 5.97 Å². The van der Waals surface area contributed by atoms with Gasteiger partial charge >= 0.3 is 5.97 Å². The third-order valence-corrected chi connectivity index (χ3v) is 4.20. The fraction of sp³-hybridized carbons (Fsp3) is 0.923. The van der Waals surface area contributed by atoms with Crippen LogP contribution in [0.4, 0.5) is 0 Å². The third-order valence-electron chi connectivity index (χ3n) is 4.20. The topological polar surface area (TPSA) is 40.5 Å². The summed E-state index contributed by atoms with van der Waals surface area (Å²) in [5.74, 6) is 0.0482. The minimum absolute atomic E-state index is 0.112. The number of hydrogen-bond donors (Lipinski definition) is 1. The molecule has 0 radical (unpaired) electrons. The van der Waals surface area contributed by atoms with Gasteiger partial charge in [-0.1, -0.05) is 19.8 Å². The summed E-state index contributed by atoms with van der Waals surface area (Å²) in [6.45, 7) is 4.50. The molecule has 2 fully saturated rings. The summed E-state index contributed by atoms with van der Waals surface area (Å²) in [5, 5.41) is 9.28. The van der Waals surface area contributed by atoms with Gasteiger partial charge in [0.1, 0.15) is 0 Å². The second kappa shape index (κ2) is 5.17. The van der Waals surface area contributed by atoms with Crippen molar-refractivity contribution >= 4 is 5.97 Å². The van der Waals surface area contributed by atoms with Crippen LogP contribution >= 0.6 is 0 Å². The molecule has 1 heterocycles. The van der Waals surface area contributed by atoms with Crippen LogP contribution in [0.3, 0.4) is 0 Å². The Labute approximate surface area is 97.8 Å². The van der Waals surface area contributed by atoms with Crippen molar-refractivity contribution in [3.8, 4) is 0 Å². The van der Waals surface area contributed by atoms with Gasteiger partial charge in [0.15, 0.2) is 0 Å². The maximum atomic E-state index is 11.3. The number of aliphatic carboxylic acids is 1. The molecule has 0 aromatic heterocycles. The van der Waals surface area contributed by atoms with Crippen molar-refractivity contribution in [3.05, 3.63) is 0 Å². The molecule has 2 aliphatic rings. The molecule has 0 aromatic carbocycles. The largest absolute Gasteiger partial charge is 0.481 e. The van der Waals surface area contributed by atoms with Gasteiger partial charge in [-0.25, -0.2) is 0 Å². The SMILES string of the molecule is CC1CCCN(C2CCCCC2C(=O)O)C1. The van der Waals surface area contributed by atoms with Crippen LogP contribution in [0.25, 0.3) is 0 Å². The lowest BCUT2D eigenvalue weighted by Gasteiger charge is -2.41. The zero-order chi connectivity index (χ0) is 11.5. The number of carbonyl (C=O) groups is 1. The minimum atomic E-state index is -0.581. The van der Waals surface area contributed by atoms with E-state index in [1.54, 1.807) is 0 Å². The van der Waals surface area contributed by atoms with Crippen molar-refractivity contribution in [1.82, 2.24) is 4.90 Å². The summed E-state index contributed by atoms with van der Waals surface area (Å²) >= 11 is 0. The number of carboxylic acids is 1. The fourth-order valence-electron chi connectivity index (χ4n) is 3.36. The molecule has 1 saturated carbocycles. The quantitative estimate of drug-likeness (QED) is 0.784. The van der Waals surface area contributed by atoms with Gasteiger partial charge in [-0.3, -0.25) is 9.69 Å². The molecule has 3 nitrogen and oxygen atoms in total. The van der Waals surface area contributed by atoms with Gasteiger partial charge in [-0.2, -0.15) is 0 Å². The van der Waals surface area contributed by atoms with Crippen LogP contribution < -0.4 is 0 Å². The summed E-state index contributed by atoms with van der Waals surface area (Å²) < 4.78 is 0. The molecule has 3 heteroatoms. The average Bonchev–Trinajstić information content (AvgIpc) is 2.29. The molecule has 0 spiro atoms. The number of nitrogens with zero attached hydrogens (tertiary/aromatic N) is 1. The lowest BCUT2D eigenvalue weighted by molar-refractivity contribution is -0.146. The molecule has 92 valence electrons. The Bertz CT molecular complexity index is 254. The van der Waals surface area contributed by atoms with Gasteiger partial charge in [0.05, 0.1) is 5.92 Å². The Morgan fingerprint density at radius 1 is 1.19 bits per heavy atom. The number of rotatable bonds is 2. The summed E-state index contributed by atoms with van der Waals surface area (Å²) in [6.07, 6.45) is 6.82. The fourth-order valence-corrected chi connectivity index (χ4v) is 3.36. The standard InChI is InChI=1S/C13H23NO2/c1-10-5-4-8-14(9-10)12-7-3-2-6-11(12)13(15)16/h10-12H,2-9H2,1H3,(H,15,16). The van der Waals surface area contributed by atoms with E-state index in [2.05, 4.69) is 11.8 Å². The molecule has 0 amide bonds. The van der Waals surface area contributed by atoms with E-state index >= 15 is 0 Å². The molecule has 16 heavy (non-hydrogen) atoms. The van der Waals surface area contributed by atoms with Gasteiger partial charge in [0, 0.05) is 12.6 Å². The van der Waals surface area contributed by atoms with Crippen LogP contribution in [-0.2, 0) is 4.79 Å². The van der Waals surface area contributed by atoms with E-state index in [0.717, 1.165) is 38.3 Å². The monoisotopic (exact) mass is 225 g/mol. The highest BCUT2D eigenvalue weighted by Gasteiger charge is 2.35. The molecule has 1 N–H and O–H groups in total. The predicted molar refractivity (Wildman–Crippen MR) is 63.4 cm³/mol. The summed E-state index contributed by atoms with van der Waals surface area (Å²) in [5.41, 5.74) is 0. The zero-order valence-electron chi connectivity index (χ0n) is 10.2. The van der Waals surface area contributed by atoms with Gasteiger partial charge < -0.3 is 5.11 Å². The predicted octanol–water partition coefficient (Wildman–Crippen LogP) is 2.36. The lowest BCUT2D eigenvalue weighted by Crippen LogP contribution is -2.49. The first kappa shape index (κ1) is 11.9. The minimum Gasteiger partial charge on any atom is -0.481 e. The van der Waals surface area contributed by atoms with Crippen molar-refractivity contribution < 1.29 is 9.90 Å². The Balaban J connectivity index is 2.01. The summed E-state index contributed by atoms with van der Waals surface area (Å²) in [6, 6.07) is 0.314. The van der Waals surface area contributed by atoms with Crippen LogP contribution in [0.15, 0.2) is 0 Å². The maximum absolute atomic E-state index is 11.3. The number of hydrogen-bond acceptors (Lipinski definition) is 2. The smallest absolute Gasteiger partial charge is 0.308 e. The van der Waals surface area contributed by atoms with Crippen LogP contribution in [0, 0.1) is 11.8 Å². The Morgan fingerprint density at radius 3 is 2.62 bits per heavy atom. The second-order valence-electron chi connectivity index (χ2n) is 5.54. The molecular formula is C13H23NO2. The van der Waals surface area contributed by atoms with Crippen molar-refractivity contribution in [2.24, 2.45) is 11.8 Å². The number of carboxylic acid groups (broad SMARTS) is 1. The third kappa shape index (κ3) is 2.57. The molecular weight excluding hydrogens is 202 g/mol. The highest BCUT2D eigenvalue weighted by atomic mass is 16.4. The number of likely N-dealkylation sites (tertiary alicyclic amines) is 1. The van der Waals surface area contributed by atoms with Crippen LogP contribution in [0.1, 0.15) is 45.4 Å². The highest BCUT2D eigenvalue weighted by molar-refractivity contribution is 5.71. The molecule has 0 bridgehead atoms. The molecule has 2 rings (SSSR count). The van der Waals surface area contributed by atoms with Gasteiger partial charge in [0.2, 0.25) is 0 Å². The number of piperidine rings is 1. The normalized spacial score (nSPS) is 37.2. The zero-order valence-corrected chi connectivity index (χ0v) is 10.2. The van der Waals surface area contributed by atoms with Crippen LogP contribution in [0.2, 0.25) is 0 Å². The molecule has 1 aliphatic carbocycles. The molecule has 3 unspecified atom stereocenters. The first-order valence-corrected chi connectivity index (χ1v) is 6.65. The average molecular weight is 225 g/mol. The van der Waals surface area contributed by atoms with Crippen molar-refractivity contribution in [2.45, 2.75) is 51.5 Å². The highest BCUT2D eigenvalue weighted by Crippen LogP contribution is 2.31. The van der Waals surface area contributed by atoms with E-state index in [1.165, 1.54) is 19.3 Å². The molecule has 1 saturated heterocycles. The van der Waals surface area contributed by atoms with Gasteiger partial charge in [0.25, 0.3) is 0 Å². The van der Waals surface area contributed by atoms with Crippen molar-refractivity contribution in [2.75, 3.05) is 13.1 Å². The van der Waals surface area contributed by atoms with E-state index in [1.807, 2.05) is 0 Å². The van der Waals surface area contributed by atoms with Gasteiger partial charge in [-0.15, -0.1) is 0 Å². The van der Waals surface area contributed by atoms with E-state index in [-0.39, 0.29) is 5.92 Å². The van der Waals surface area contributed by atoms with E-state index in [0.29, 0.717) is 6.04 Å². The lowest BCUT2D eigenvalue weighted by atomic mass is 9.82. The molecule has 3 atom stereocenters. The second-order valence-corrected chi connectivity index (χ2v) is 5.54. The van der Waals surface area contributed by atoms with E-state index in [4.69, 9.17) is 0 Å². The maximum Gasteiger partial charge on any atom is 0.308 e. The first-order valence-electron chi connectivity index (χ1n) is 6.65. The van der Waals surface area contributed by atoms with Crippen LogP contribution in [0.5, 0.6) is 0 Å². The Kier molecular flexibility index (Phi) is 3.85. The molecule has 0 aromatic rings. The summed E-state index contributed by atoms with van der Waals surface area (Å²) in [7, 11) is 0. The Hall–Kier alpha value is -0.570. The van der Waals surface area contributed by atoms with Crippen molar-refractivity contribution in [3.63, 3.8) is 0 Å².